The van der Waals surface area contributed by atoms with Crippen LogP contribution in [0.15, 0.2) is 0 Å². The van der Waals surface area contributed by atoms with Crippen molar-refractivity contribution in [3.8, 4) is 0 Å². The van der Waals surface area contributed by atoms with E-state index in [2.05, 4.69) is 10.6 Å². The van der Waals surface area contributed by atoms with Gasteiger partial charge in [0.15, 0.2) is 0 Å². The summed E-state index contributed by atoms with van der Waals surface area (Å²) in [7, 11) is 0. The van der Waals surface area contributed by atoms with Crippen LogP contribution in [-0.2, 0) is 9.59 Å². The number of hydrogen-bond donors (Lipinski definition) is 2. The van der Waals surface area contributed by atoms with Gasteiger partial charge < -0.3 is 10.2 Å². The maximum absolute atomic E-state index is 12.3. The van der Waals surface area contributed by atoms with Gasteiger partial charge in [-0.25, -0.2) is 0 Å². The van der Waals surface area contributed by atoms with Gasteiger partial charge in [0.05, 0.1) is 12.0 Å². The number of likely N-dealkylation sites (tertiary alicyclic amines) is 1. The molecule has 0 aromatic heterocycles. The summed E-state index contributed by atoms with van der Waals surface area (Å²) < 4.78 is 0. The largest absolute Gasteiger partial charge is 0.356 e. The molecule has 6 heteroatoms. The molecule has 2 fully saturated rings. The van der Waals surface area contributed by atoms with Crippen LogP contribution in [0, 0.1) is 5.92 Å². The number of carbonyl (C=O) groups is 2. The lowest BCUT2D eigenvalue weighted by atomic mass is 9.96. The lowest BCUT2D eigenvalue weighted by Crippen LogP contribution is -2.51. The molecule has 2 N–H and O–H groups in total. The molecule has 5 nitrogen and oxygen atoms in total. The number of nitrogens with zero attached hydrogens (tertiary/aromatic N) is 1. The third kappa shape index (κ3) is 3.86. The molecule has 2 saturated heterocycles. The highest BCUT2D eigenvalue weighted by atomic mass is 32.2. The monoisotopic (exact) mass is 285 g/mol. The highest BCUT2D eigenvalue weighted by Crippen LogP contribution is 2.19. The minimum absolute atomic E-state index is 0.0293. The van der Waals surface area contributed by atoms with E-state index in [0.29, 0.717) is 6.54 Å². The predicted molar refractivity (Wildman–Crippen MR) is 76.9 cm³/mol. The Morgan fingerprint density at radius 3 is 3.00 bits per heavy atom. The first kappa shape index (κ1) is 14.7. The molecule has 2 aliphatic heterocycles. The zero-order valence-electron chi connectivity index (χ0n) is 11.5. The van der Waals surface area contributed by atoms with Gasteiger partial charge >= 0.3 is 0 Å². The van der Waals surface area contributed by atoms with Crippen molar-refractivity contribution in [1.82, 2.24) is 15.5 Å². The molecule has 0 bridgehead atoms. The van der Waals surface area contributed by atoms with E-state index in [-0.39, 0.29) is 23.8 Å². The van der Waals surface area contributed by atoms with Crippen LogP contribution in [0.4, 0.5) is 0 Å². The molecule has 2 aliphatic rings. The summed E-state index contributed by atoms with van der Waals surface area (Å²) in [6.07, 6.45) is 2.77. The second kappa shape index (κ2) is 7.14. The van der Waals surface area contributed by atoms with Crippen LogP contribution >= 0.6 is 11.8 Å². The first-order valence-electron chi connectivity index (χ1n) is 7.10. The second-order valence-corrected chi connectivity index (χ2v) is 6.22. The average Bonchev–Trinajstić information content (AvgIpc) is 2.98. The highest BCUT2D eigenvalue weighted by Gasteiger charge is 2.32. The van der Waals surface area contributed by atoms with Crippen LogP contribution in [0.3, 0.4) is 0 Å². The molecule has 2 amide bonds. The van der Waals surface area contributed by atoms with E-state index >= 15 is 0 Å². The Morgan fingerprint density at radius 2 is 2.32 bits per heavy atom. The van der Waals surface area contributed by atoms with Crippen molar-refractivity contribution in [2.24, 2.45) is 5.92 Å². The smallest absolute Gasteiger partial charge is 0.240 e. The summed E-state index contributed by atoms with van der Waals surface area (Å²) in [5, 5.41) is 6.14. The summed E-state index contributed by atoms with van der Waals surface area (Å²) in [4.78, 5) is 26.1. The first-order chi connectivity index (χ1) is 9.22. The van der Waals surface area contributed by atoms with Gasteiger partial charge in [-0.3, -0.25) is 14.9 Å². The van der Waals surface area contributed by atoms with E-state index in [1.807, 2.05) is 11.8 Å². The number of rotatable bonds is 4. The fourth-order valence-electron chi connectivity index (χ4n) is 2.56. The molecule has 0 radical (unpaired) electrons. The Labute approximate surface area is 118 Å². The Bertz CT molecular complexity index is 332. The van der Waals surface area contributed by atoms with Crippen LogP contribution in [-0.4, -0.2) is 54.0 Å². The molecule has 0 aromatic rings. The maximum atomic E-state index is 12.3. The van der Waals surface area contributed by atoms with Crippen LogP contribution in [0.25, 0.3) is 0 Å². The predicted octanol–water partition coefficient (Wildman–Crippen LogP) is 0.414. The zero-order valence-corrected chi connectivity index (χ0v) is 12.3. The van der Waals surface area contributed by atoms with Crippen molar-refractivity contribution in [3.63, 3.8) is 0 Å². The van der Waals surface area contributed by atoms with Crippen LogP contribution < -0.4 is 10.6 Å². The summed E-state index contributed by atoms with van der Waals surface area (Å²) in [6.45, 7) is 4.14. The molecule has 0 aromatic carbocycles. The summed E-state index contributed by atoms with van der Waals surface area (Å²) in [5.74, 6) is 1.94. The van der Waals surface area contributed by atoms with E-state index in [1.165, 1.54) is 0 Å². The van der Waals surface area contributed by atoms with Crippen molar-refractivity contribution in [3.05, 3.63) is 0 Å². The molecule has 2 rings (SSSR count). The third-order valence-corrected chi connectivity index (χ3v) is 4.61. The normalized spacial score (nSPS) is 27.3. The quantitative estimate of drug-likeness (QED) is 0.785. The minimum Gasteiger partial charge on any atom is -0.356 e. The molecule has 2 heterocycles. The van der Waals surface area contributed by atoms with Gasteiger partial charge in [0.1, 0.15) is 0 Å². The van der Waals surface area contributed by atoms with Gasteiger partial charge in [-0.1, -0.05) is 6.92 Å². The summed E-state index contributed by atoms with van der Waals surface area (Å²) in [6, 6.07) is -0.0533. The second-order valence-electron chi connectivity index (χ2n) is 5.19. The molecule has 0 spiro atoms. The number of nitrogens with one attached hydrogen (secondary N) is 2. The molecule has 0 aliphatic carbocycles. The SMILES string of the molecule is CCCNC(=O)C1CCCN(C(=O)C2CSCN2)C1. The van der Waals surface area contributed by atoms with E-state index in [1.54, 1.807) is 11.8 Å². The van der Waals surface area contributed by atoms with Crippen molar-refractivity contribution in [2.45, 2.75) is 32.2 Å². The number of thioether (sulfide) groups is 1. The number of carbonyl (C=O) groups excluding carboxylic acids is 2. The Hall–Kier alpha value is -0.750. The lowest BCUT2D eigenvalue weighted by Gasteiger charge is -2.33. The molecule has 19 heavy (non-hydrogen) atoms. The molecule has 2 atom stereocenters. The van der Waals surface area contributed by atoms with E-state index in [4.69, 9.17) is 0 Å². The molecular weight excluding hydrogens is 262 g/mol. The number of amides is 2. The van der Waals surface area contributed by atoms with Crippen molar-refractivity contribution >= 4 is 23.6 Å². The number of hydrogen-bond acceptors (Lipinski definition) is 4. The Morgan fingerprint density at radius 1 is 1.47 bits per heavy atom. The van der Waals surface area contributed by atoms with Gasteiger partial charge in [-0.15, -0.1) is 11.8 Å². The van der Waals surface area contributed by atoms with Gasteiger partial charge in [0, 0.05) is 31.3 Å². The van der Waals surface area contributed by atoms with Gasteiger partial charge in [0.25, 0.3) is 0 Å². The van der Waals surface area contributed by atoms with Gasteiger partial charge in [0.2, 0.25) is 11.8 Å². The Kier molecular flexibility index (Phi) is 5.51. The fraction of sp³-hybridized carbons (Fsp3) is 0.846. The number of piperidine rings is 1. The standard InChI is InChI=1S/C13H23N3O2S/c1-2-5-14-12(17)10-4-3-6-16(7-10)13(18)11-8-19-9-15-11/h10-11,15H,2-9H2,1H3,(H,14,17). The van der Waals surface area contributed by atoms with Crippen molar-refractivity contribution in [2.75, 3.05) is 31.3 Å². The maximum Gasteiger partial charge on any atom is 0.240 e. The van der Waals surface area contributed by atoms with Crippen molar-refractivity contribution < 1.29 is 9.59 Å². The summed E-state index contributed by atoms with van der Waals surface area (Å²) >= 11 is 1.75. The molecule has 2 unspecified atom stereocenters. The lowest BCUT2D eigenvalue weighted by molar-refractivity contribution is -0.136. The first-order valence-corrected chi connectivity index (χ1v) is 8.25. The molecule has 108 valence electrons. The minimum atomic E-state index is -0.0533. The third-order valence-electron chi connectivity index (χ3n) is 3.67. The van der Waals surface area contributed by atoms with Gasteiger partial charge in [-0.2, -0.15) is 0 Å². The van der Waals surface area contributed by atoms with Crippen LogP contribution in [0.5, 0.6) is 0 Å². The fourth-order valence-corrected chi connectivity index (χ4v) is 3.49. The molecular formula is C13H23N3O2S. The zero-order chi connectivity index (χ0) is 13.7. The Balaban J connectivity index is 1.85. The van der Waals surface area contributed by atoms with Gasteiger partial charge in [-0.05, 0) is 19.3 Å². The van der Waals surface area contributed by atoms with E-state index in [9.17, 15) is 9.59 Å². The van der Waals surface area contributed by atoms with Crippen molar-refractivity contribution in [1.29, 1.82) is 0 Å². The van der Waals surface area contributed by atoms with E-state index < -0.39 is 0 Å². The average molecular weight is 285 g/mol. The topological polar surface area (TPSA) is 61.4 Å². The molecule has 0 saturated carbocycles. The van der Waals surface area contributed by atoms with Crippen LogP contribution in [0.1, 0.15) is 26.2 Å². The summed E-state index contributed by atoms with van der Waals surface area (Å²) in [5.41, 5.74) is 0. The van der Waals surface area contributed by atoms with E-state index in [0.717, 1.165) is 44.0 Å². The van der Waals surface area contributed by atoms with Crippen LogP contribution in [0.2, 0.25) is 0 Å². The highest BCUT2D eigenvalue weighted by molar-refractivity contribution is 7.99.